The summed E-state index contributed by atoms with van der Waals surface area (Å²) in [5, 5.41) is 0. The molecule has 74 valence electrons. The Labute approximate surface area is 88.6 Å². The molecule has 3 heteroatoms. The fourth-order valence-electron chi connectivity index (χ4n) is 1.19. The lowest BCUT2D eigenvalue weighted by Gasteiger charge is -1.96. The van der Waals surface area contributed by atoms with Crippen LogP contribution in [0.5, 0.6) is 0 Å². The van der Waals surface area contributed by atoms with E-state index in [4.69, 9.17) is 0 Å². The molecule has 0 atom stereocenters. The van der Waals surface area contributed by atoms with Gasteiger partial charge in [-0.25, -0.2) is 9.98 Å². The van der Waals surface area contributed by atoms with Crippen LogP contribution in [-0.2, 0) is 0 Å². The molecule has 0 amide bonds. The van der Waals surface area contributed by atoms with Crippen molar-refractivity contribution < 1.29 is 0 Å². The predicted molar refractivity (Wildman–Crippen MR) is 60.5 cm³/mol. The zero-order valence-electron chi connectivity index (χ0n) is 8.46. The second kappa shape index (κ2) is 4.46. The highest BCUT2D eigenvalue weighted by Gasteiger charge is 1.93. The van der Waals surface area contributed by atoms with Gasteiger partial charge >= 0.3 is 0 Å². The Balaban J connectivity index is 2.23. The van der Waals surface area contributed by atoms with E-state index in [9.17, 15) is 0 Å². The van der Waals surface area contributed by atoms with Gasteiger partial charge in [0.15, 0.2) is 5.82 Å². The molecule has 0 aliphatic rings. The summed E-state index contributed by atoms with van der Waals surface area (Å²) in [6.45, 7) is 1.98. The molecular weight excluding hydrogens is 186 g/mol. The first kappa shape index (κ1) is 9.52. The summed E-state index contributed by atoms with van der Waals surface area (Å²) in [5.41, 5.74) is 1.90. The van der Waals surface area contributed by atoms with Crippen molar-refractivity contribution in [1.29, 1.82) is 0 Å². The van der Waals surface area contributed by atoms with E-state index in [1.165, 1.54) is 0 Å². The Kier molecular flexibility index (Phi) is 2.83. The molecule has 0 aromatic carbocycles. The monoisotopic (exact) mass is 197 g/mol. The molecule has 0 saturated carbocycles. The molecule has 0 saturated heterocycles. The summed E-state index contributed by atoms with van der Waals surface area (Å²) in [6.07, 6.45) is 5.19. The quantitative estimate of drug-likeness (QED) is 0.694. The van der Waals surface area contributed by atoms with Crippen LogP contribution >= 0.6 is 0 Å². The number of nitrogens with zero attached hydrogens (tertiary/aromatic N) is 3. The third-order valence-electron chi connectivity index (χ3n) is 1.99. The van der Waals surface area contributed by atoms with Gasteiger partial charge in [0, 0.05) is 12.4 Å². The Hall–Kier alpha value is -2.03. The van der Waals surface area contributed by atoms with Crippen LogP contribution in [0, 0.1) is 6.92 Å². The Bertz CT molecular complexity index is 463. The summed E-state index contributed by atoms with van der Waals surface area (Å²) >= 11 is 0. The molecule has 2 rings (SSSR count). The first-order valence-electron chi connectivity index (χ1n) is 4.73. The standard InChI is InChI=1S/C12H11N3/c1-10-5-4-8-14-12(10)15-9-11-6-2-3-7-13-11/h2-9H,1H3/b15-9+. The van der Waals surface area contributed by atoms with Crippen LogP contribution in [0.2, 0.25) is 0 Å². The maximum atomic E-state index is 4.28. The molecule has 0 aliphatic heterocycles. The van der Waals surface area contributed by atoms with Gasteiger partial charge in [0.05, 0.1) is 11.9 Å². The second-order valence-electron chi connectivity index (χ2n) is 3.16. The van der Waals surface area contributed by atoms with Crippen LogP contribution in [0.25, 0.3) is 0 Å². The number of aliphatic imine (C=N–C) groups is 1. The maximum Gasteiger partial charge on any atom is 0.154 e. The smallest absolute Gasteiger partial charge is 0.154 e. The van der Waals surface area contributed by atoms with Gasteiger partial charge in [0.25, 0.3) is 0 Å². The van der Waals surface area contributed by atoms with Crippen molar-refractivity contribution in [1.82, 2.24) is 9.97 Å². The van der Waals surface area contributed by atoms with Gasteiger partial charge in [-0.05, 0) is 30.7 Å². The van der Waals surface area contributed by atoms with Crippen molar-refractivity contribution in [2.75, 3.05) is 0 Å². The van der Waals surface area contributed by atoms with E-state index < -0.39 is 0 Å². The third kappa shape index (κ3) is 2.47. The van der Waals surface area contributed by atoms with E-state index in [0.29, 0.717) is 0 Å². The van der Waals surface area contributed by atoms with Gasteiger partial charge in [-0.15, -0.1) is 0 Å². The molecule has 0 bridgehead atoms. The number of pyridine rings is 2. The highest BCUT2D eigenvalue weighted by Crippen LogP contribution is 2.12. The largest absolute Gasteiger partial charge is 0.255 e. The molecule has 0 radical (unpaired) electrons. The summed E-state index contributed by atoms with van der Waals surface area (Å²) < 4.78 is 0. The lowest BCUT2D eigenvalue weighted by molar-refractivity contribution is 1.22. The second-order valence-corrected chi connectivity index (χ2v) is 3.16. The van der Waals surface area contributed by atoms with Crippen molar-refractivity contribution in [3.63, 3.8) is 0 Å². The average Bonchev–Trinajstić information content (AvgIpc) is 2.29. The third-order valence-corrected chi connectivity index (χ3v) is 1.99. The number of aryl methyl sites for hydroxylation is 1. The predicted octanol–water partition coefficient (Wildman–Crippen LogP) is 2.54. The molecule has 0 fully saturated rings. The number of hydrogen-bond acceptors (Lipinski definition) is 3. The summed E-state index contributed by atoms with van der Waals surface area (Å²) in [5.74, 6) is 0.739. The van der Waals surface area contributed by atoms with Crippen LogP contribution < -0.4 is 0 Å². The first-order valence-corrected chi connectivity index (χ1v) is 4.73. The minimum absolute atomic E-state index is 0.739. The lowest BCUT2D eigenvalue weighted by atomic mass is 10.3. The van der Waals surface area contributed by atoms with Gasteiger partial charge in [-0.2, -0.15) is 0 Å². The van der Waals surface area contributed by atoms with E-state index in [-0.39, 0.29) is 0 Å². The molecule has 0 N–H and O–H groups in total. The molecule has 0 aliphatic carbocycles. The molecular formula is C12H11N3. The van der Waals surface area contributed by atoms with Crippen molar-refractivity contribution in [3.05, 3.63) is 54.0 Å². The molecule has 15 heavy (non-hydrogen) atoms. The first-order chi connectivity index (χ1) is 7.36. The van der Waals surface area contributed by atoms with Crippen LogP contribution in [0.4, 0.5) is 5.82 Å². The van der Waals surface area contributed by atoms with E-state index in [1.54, 1.807) is 18.6 Å². The normalized spacial score (nSPS) is 10.7. The summed E-state index contributed by atoms with van der Waals surface area (Å²) in [7, 11) is 0. The lowest BCUT2D eigenvalue weighted by Crippen LogP contribution is -1.85. The van der Waals surface area contributed by atoms with Gasteiger partial charge in [0.2, 0.25) is 0 Å². The molecule has 2 aromatic rings. The summed E-state index contributed by atoms with van der Waals surface area (Å²) in [6, 6.07) is 9.60. The van der Waals surface area contributed by atoms with Gasteiger partial charge in [-0.3, -0.25) is 4.98 Å². The highest BCUT2D eigenvalue weighted by molar-refractivity contribution is 5.79. The molecule has 2 aromatic heterocycles. The van der Waals surface area contributed by atoms with Crippen molar-refractivity contribution in [2.24, 2.45) is 4.99 Å². The number of aromatic nitrogens is 2. The summed E-state index contributed by atoms with van der Waals surface area (Å²) in [4.78, 5) is 12.6. The molecule has 3 nitrogen and oxygen atoms in total. The van der Waals surface area contributed by atoms with Crippen LogP contribution in [0.15, 0.2) is 47.7 Å². The van der Waals surface area contributed by atoms with Crippen LogP contribution in [-0.4, -0.2) is 16.2 Å². The average molecular weight is 197 g/mol. The zero-order valence-corrected chi connectivity index (χ0v) is 8.46. The highest BCUT2D eigenvalue weighted by atomic mass is 14.9. The zero-order chi connectivity index (χ0) is 10.5. The molecule has 0 unspecified atom stereocenters. The van der Waals surface area contributed by atoms with E-state index in [1.807, 2.05) is 37.3 Å². The molecule has 0 spiro atoms. The topological polar surface area (TPSA) is 38.1 Å². The van der Waals surface area contributed by atoms with E-state index in [2.05, 4.69) is 15.0 Å². The van der Waals surface area contributed by atoms with Gasteiger partial charge in [-0.1, -0.05) is 12.1 Å². The van der Waals surface area contributed by atoms with Crippen molar-refractivity contribution in [2.45, 2.75) is 6.92 Å². The minimum atomic E-state index is 0.739. The van der Waals surface area contributed by atoms with Crippen LogP contribution in [0.1, 0.15) is 11.3 Å². The molecule has 2 heterocycles. The van der Waals surface area contributed by atoms with Crippen molar-refractivity contribution in [3.8, 4) is 0 Å². The van der Waals surface area contributed by atoms with Gasteiger partial charge in [0.1, 0.15) is 0 Å². The van der Waals surface area contributed by atoms with E-state index >= 15 is 0 Å². The number of rotatable bonds is 2. The van der Waals surface area contributed by atoms with E-state index in [0.717, 1.165) is 17.1 Å². The Morgan fingerprint density at radius 3 is 2.67 bits per heavy atom. The van der Waals surface area contributed by atoms with Crippen molar-refractivity contribution >= 4 is 12.0 Å². The number of hydrogen-bond donors (Lipinski definition) is 0. The Morgan fingerprint density at radius 2 is 1.93 bits per heavy atom. The fraction of sp³-hybridized carbons (Fsp3) is 0.0833. The van der Waals surface area contributed by atoms with Crippen LogP contribution in [0.3, 0.4) is 0 Å². The van der Waals surface area contributed by atoms with Gasteiger partial charge < -0.3 is 0 Å². The SMILES string of the molecule is Cc1cccnc1/N=C/c1ccccn1. The maximum absolute atomic E-state index is 4.28. The minimum Gasteiger partial charge on any atom is -0.255 e. The fourth-order valence-corrected chi connectivity index (χ4v) is 1.19. The Morgan fingerprint density at radius 1 is 1.07 bits per heavy atom.